The first-order valence-electron chi connectivity index (χ1n) is 9.28. The first-order chi connectivity index (χ1) is 15.0. The minimum absolute atomic E-state index is 0.326. The van der Waals surface area contributed by atoms with E-state index in [4.69, 9.17) is 21.1 Å². The van der Waals surface area contributed by atoms with Gasteiger partial charge >= 0.3 is 0 Å². The van der Waals surface area contributed by atoms with Gasteiger partial charge in [-0.05, 0) is 77.5 Å². The Morgan fingerprint density at radius 2 is 1.77 bits per heavy atom. The van der Waals surface area contributed by atoms with Gasteiger partial charge in [0.25, 0.3) is 11.1 Å². The summed E-state index contributed by atoms with van der Waals surface area (Å²) in [5, 5.41) is 0.174. The zero-order valence-corrected chi connectivity index (χ0v) is 18.0. The minimum Gasteiger partial charge on any atom is -0.493 e. The van der Waals surface area contributed by atoms with Crippen LogP contribution in [0.2, 0.25) is 5.02 Å². The number of rotatable bonds is 6. The van der Waals surface area contributed by atoms with Gasteiger partial charge in [0.1, 0.15) is 6.61 Å². The summed E-state index contributed by atoms with van der Waals surface area (Å²) in [6.07, 6.45) is 5.07. The van der Waals surface area contributed by atoms with Crippen LogP contribution in [0.3, 0.4) is 0 Å². The summed E-state index contributed by atoms with van der Waals surface area (Å²) in [7, 11) is 1.55. The Kier molecular flexibility index (Phi) is 6.25. The van der Waals surface area contributed by atoms with Crippen molar-refractivity contribution in [1.82, 2.24) is 4.98 Å². The highest BCUT2D eigenvalue weighted by molar-refractivity contribution is 8.19. The average Bonchev–Trinajstić information content (AvgIpc) is 3.07. The molecule has 4 rings (SSSR count). The van der Waals surface area contributed by atoms with Crippen LogP contribution in [-0.2, 0) is 11.4 Å². The predicted molar refractivity (Wildman–Crippen MR) is 121 cm³/mol. The number of methoxy groups -OCH3 is 1. The van der Waals surface area contributed by atoms with E-state index in [9.17, 15) is 9.59 Å². The molecule has 0 saturated carbocycles. The molecule has 0 spiro atoms. The molecule has 0 N–H and O–H groups in total. The van der Waals surface area contributed by atoms with E-state index in [1.807, 2.05) is 12.1 Å². The van der Waals surface area contributed by atoms with Gasteiger partial charge in [-0.1, -0.05) is 17.7 Å². The third-order valence-corrected chi connectivity index (χ3v) is 5.63. The van der Waals surface area contributed by atoms with E-state index in [1.54, 1.807) is 68.0 Å². The van der Waals surface area contributed by atoms with Crippen molar-refractivity contribution in [3.63, 3.8) is 0 Å². The van der Waals surface area contributed by atoms with Crippen molar-refractivity contribution in [2.24, 2.45) is 0 Å². The fourth-order valence-electron chi connectivity index (χ4n) is 2.97. The van der Waals surface area contributed by atoms with E-state index in [0.29, 0.717) is 33.7 Å². The second-order valence-electron chi connectivity index (χ2n) is 6.55. The molecule has 31 heavy (non-hydrogen) atoms. The number of benzene rings is 2. The molecule has 0 unspecified atom stereocenters. The largest absolute Gasteiger partial charge is 0.493 e. The van der Waals surface area contributed by atoms with E-state index >= 15 is 0 Å². The predicted octanol–water partition coefficient (Wildman–Crippen LogP) is 5.56. The monoisotopic (exact) mass is 452 g/mol. The number of hydrogen-bond donors (Lipinski definition) is 0. The quantitative estimate of drug-likeness (QED) is 0.456. The fraction of sp³-hybridized carbons (Fsp3) is 0.0870. The van der Waals surface area contributed by atoms with Crippen LogP contribution < -0.4 is 14.4 Å². The van der Waals surface area contributed by atoms with Gasteiger partial charge in [0.15, 0.2) is 11.5 Å². The molecule has 0 atom stereocenters. The lowest BCUT2D eigenvalue weighted by molar-refractivity contribution is -0.113. The molecule has 6 nitrogen and oxygen atoms in total. The smallest absolute Gasteiger partial charge is 0.298 e. The van der Waals surface area contributed by atoms with Crippen LogP contribution in [0.4, 0.5) is 10.5 Å². The maximum Gasteiger partial charge on any atom is 0.298 e. The molecule has 1 fully saturated rings. The number of carbonyl (C=O) groups is 2. The number of amides is 2. The molecule has 1 aliphatic heterocycles. The van der Waals surface area contributed by atoms with Crippen molar-refractivity contribution in [3.05, 3.63) is 88.0 Å². The van der Waals surface area contributed by atoms with E-state index in [1.165, 1.54) is 0 Å². The number of anilines is 1. The first-order valence-corrected chi connectivity index (χ1v) is 10.5. The number of nitrogens with zero attached hydrogens (tertiary/aromatic N) is 2. The number of pyridine rings is 1. The minimum atomic E-state index is -0.380. The molecule has 1 aromatic heterocycles. The summed E-state index contributed by atoms with van der Waals surface area (Å²) in [6.45, 7) is 0.373. The maximum atomic E-state index is 12.8. The molecule has 0 radical (unpaired) electrons. The van der Waals surface area contributed by atoms with Crippen LogP contribution in [0.5, 0.6) is 11.5 Å². The molecule has 2 amide bonds. The molecule has 2 heterocycles. The molecule has 1 aliphatic rings. The zero-order chi connectivity index (χ0) is 21.8. The van der Waals surface area contributed by atoms with Crippen molar-refractivity contribution < 1.29 is 19.1 Å². The molecule has 1 saturated heterocycles. The maximum absolute atomic E-state index is 12.8. The number of aromatic nitrogens is 1. The normalized spacial score (nSPS) is 14.9. The fourth-order valence-corrected chi connectivity index (χ4v) is 3.93. The van der Waals surface area contributed by atoms with Crippen molar-refractivity contribution in [2.45, 2.75) is 6.61 Å². The van der Waals surface area contributed by atoms with Gasteiger partial charge < -0.3 is 9.47 Å². The Bertz CT molecular complexity index is 1150. The number of thioether (sulfide) groups is 1. The average molecular weight is 453 g/mol. The summed E-state index contributed by atoms with van der Waals surface area (Å²) in [6, 6.07) is 15.6. The Hall–Kier alpha value is -3.29. The summed E-state index contributed by atoms with van der Waals surface area (Å²) in [5.41, 5.74) is 2.18. The van der Waals surface area contributed by atoms with E-state index in [2.05, 4.69) is 4.98 Å². The zero-order valence-electron chi connectivity index (χ0n) is 16.4. The van der Waals surface area contributed by atoms with Gasteiger partial charge in [0, 0.05) is 17.4 Å². The van der Waals surface area contributed by atoms with Gasteiger partial charge in [0.2, 0.25) is 0 Å². The first kappa shape index (κ1) is 21.0. The van der Waals surface area contributed by atoms with Crippen LogP contribution in [-0.4, -0.2) is 23.2 Å². The lowest BCUT2D eigenvalue weighted by Crippen LogP contribution is -2.27. The van der Waals surface area contributed by atoms with Crippen LogP contribution in [0, 0.1) is 0 Å². The standard InChI is InChI=1S/C23H17ClN2O4S/c1-29-20-12-16(2-7-19(20)30-14-15-8-10-25-11-9-15)13-21-22(27)26(23(28)31-21)18-5-3-17(24)4-6-18/h2-13H,14H2,1H3/b21-13-. The van der Waals surface area contributed by atoms with E-state index < -0.39 is 0 Å². The summed E-state index contributed by atoms with van der Waals surface area (Å²) < 4.78 is 11.3. The van der Waals surface area contributed by atoms with Crippen LogP contribution in [0.25, 0.3) is 6.08 Å². The number of hydrogen-bond acceptors (Lipinski definition) is 6. The second kappa shape index (κ2) is 9.24. The summed E-state index contributed by atoms with van der Waals surface area (Å²) in [5.74, 6) is 0.722. The molecule has 156 valence electrons. The highest BCUT2D eigenvalue weighted by Crippen LogP contribution is 2.37. The van der Waals surface area contributed by atoms with Gasteiger partial charge in [0.05, 0.1) is 17.7 Å². The van der Waals surface area contributed by atoms with Gasteiger partial charge in [-0.3, -0.25) is 14.6 Å². The Balaban J connectivity index is 1.53. The Labute approximate surface area is 188 Å². The summed E-state index contributed by atoms with van der Waals surface area (Å²) in [4.78, 5) is 30.7. The molecular weight excluding hydrogens is 436 g/mol. The van der Waals surface area contributed by atoms with Crippen molar-refractivity contribution in [3.8, 4) is 11.5 Å². The number of imide groups is 1. The third-order valence-electron chi connectivity index (χ3n) is 4.51. The van der Waals surface area contributed by atoms with Gasteiger partial charge in [-0.2, -0.15) is 0 Å². The SMILES string of the molecule is COc1cc(/C=C2\SC(=O)N(c3ccc(Cl)cc3)C2=O)ccc1OCc1ccncc1. The summed E-state index contributed by atoms with van der Waals surface area (Å²) >= 11 is 6.78. The molecule has 3 aromatic rings. The number of carbonyl (C=O) groups excluding carboxylic acids is 2. The van der Waals surface area contributed by atoms with Crippen LogP contribution >= 0.6 is 23.4 Å². The van der Waals surface area contributed by atoms with Gasteiger partial charge in [-0.25, -0.2) is 4.90 Å². The van der Waals surface area contributed by atoms with Gasteiger partial charge in [-0.15, -0.1) is 0 Å². The van der Waals surface area contributed by atoms with Crippen LogP contribution in [0.15, 0.2) is 71.9 Å². The molecular formula is C23H17ClN2O4S. The van der Waals surface area contributed by atoms with E-state index in [-0.39, 0.29) is 11.1 Å². The van der Waals surface area contributed by atoms with Crippen molar-refractivity contribution in [2.75, 3.05) is 12.0 Å². The topological polar surface area (TPSA) is 68.7 Å². The molecule has 0 bridgehead atoms. The lowest BCUT2D eigenvalue weighted by Gasteiger charge is -2.12. The number of halogens is 1. The number of ether oxygens (including phenoxy) is 2. The molecule has 8 heteroatoms. The Morgan fingerprint density at radius 3 is 2.48 bits per heavy atom. The van der Waals surface area contributed by atoms with Crippen LogP contribution in [0.1, 0.15) is 11.1 Å². The molecule has 2 aromatic carbocycles. The highest BCUT2D eigenvalue weighted by atomic mass is 35.5. The second-order valence-corrected chi connectivity index (χ2v) is 7.98. The molecule has 0 aliphatic carbocycles. The van der Waals surface area contributed by atoms with Crippen molar-refractivity contribution in [1.29, 1.82) is 0 Å². The lowest BCUT2D eigenvalue weighted by atomic mass is 10.1. The third kappa shape index (κ3) is 4.73. The van der Waals surface area contributed by atoms with Crippen molar-refractivity contribution >= 4 is 46.3 Å². The Morgan fingerprint density at radius 1 is 1.03 bits per heavy atom. The van der Waals surface area contributed by atoms with E-state index in [0.717, 1.165) is 27.8 Å². The highest BCUT2D eigenvalue weighted by Gasteiger charge is 2.36.